The molecule has 1 aliphatic rings. The second kappa shape index (κ2) is 11.8. The minimum atomic E-state index is -0.505. The first kappa shape index (κ1) is 28.3. The molecule has 0 spiro atoms. The number of ether oxygens (including phenoxy) is 1. The number of aromatic nitrogens is 3. The largest absolute Gasteiger partial charge is 0.444 e. The van der Waals surface area contributed by atoms with E-state index in [0.717, 1.165) is 37.8 Å². The number of amides is 2. The lowest BCUT2D eigenvalue weighted by Crippen LogP contribution is -2.45. The smallest absolute Gasteiger partial charge is 0.410 e. The molecule has 12 heteroatoms. The van der Waals surface area contributed by atoms with Crippen molar-refractivity contribution >= 4 is 53.0 Å². The molecule has 0 radical (unpaired) electrons. The maximum atomic E-state index is 12.6. The van der Waals surface area contributed by atoms with Crippen molar-refractivity contribution in [3.05, 3.63) is 40.4 Å². The van der Waals surface area contributed by atoms with E-state index in [4.69, 9.17) is 27.9 Å². The standard InChI is InChI=1S/C24H32Cl2N6O3S/c1-23(2,3)35-22(34)32-14-15(12-24(32,4)5)8-7-11-27-17-9-6-10-18(29-17)36-31-20(33)16-13-28-21(26)30-19(16)25/h6,9-10,13,15H,7-8,11-12,14H2,1-5H3,(H,27,29)(H,31,33). The van der Waals surface area contributed by atoms with Gasteiger partial charge in [0.2, 0.25) is 5.28 Å². The van der Waals surface area contributed by atoms with Gasteiger partial charge in [-0.05, 0) is 83.5 Å². The summed E-state index contributed by atoms with van der Waals surface area (Å²) in [6.45, 7) is 11.3. The number of nitrogens with one attached hydrogen (secondary N) is 2. The van der Waals surface area contributed by atoms with Crippen molar-refractivity contribution in [1.29, 1.82) is 0 Å². The summed E-state index contributed by atoms with van der Waals surface area (Å²) in [6, 6.07) is 5.53. The van der Waals surface area contributed by atoms with Crippen molar-refractivity contribution in [3.63, 3.8) is 0 Å². The Kier molecular flexibility index (Phi) is 9.29. The van der Waals surface area contributed by atoms with Crippen molar-refractivity contribution < 1.29 is 14.3 Å². The summed E-state index contributed by atoms with van der Waals surface area (Å²) in [4.78, 5) is 38.9. The summed E-state index contributed by atoms with van der Waals surface area (Å²) >= 11 is 12.7. The fraction of sp³-hybridized carbons (Fsp3) is 0.542. The van der Waals surface area contributed by atoms with Crippen LogP contribution in [0.3, 0.4) is 0 Å². The topological polar surface area (TPSA) is 109 Å². The van der Waals surface area contributed by atoms with Crippen molar-refractivity contribution in [2.45, 2.75) is 70.0 Å². The minimum Gasteiger partial charge on any atom is -0.444 e. The van der Waals surface area contributed by atoms with Crippen LogP contribution in [-0.2, 0) is 4.74 Å². The number of hydrogen-bond donors (Lipinski definition) is 2. The van der Waals surface area contributed by atoms with Crippen molar-refractivity contribution in [2.24, 2.45) is 5.92 Å². The van der Waals surface area contributed by atoms with Gasteiger partial charge in [0.1, 0.15) is 21.6 Å². The number of likely N-dealkylation sites (tertiary alicyclic amines) is 1. The molecular weight excluding hydrogens is 523 g/mol. The van der Waals surface area contributed by atoms with Gasteiger partial charge in [-0.25, -0.2) is 19.7 Å². The number of carbonyl (C=O) groups is 2. The summed E-state index contributed by atoms with van der Waals surface area (Å²) in [6.07, 6.45) is 3.90. The maximum absolute atomic E-state index is 12.6. The van der Waals surface area contributed by atoms with E-state index in [2.05, 4.69) is 38.8 Å². The SMILES string of the molecule is CC(C)(C)OC(=O)N1CC(CCCNc2cccc(SNC(=O)c3cnc(Cl)nc3Cl)n2)CC1(C)C. The van der Waals surface area contributed by atoms with E-state index in [0.29, 0.717) is 23.3 Å². The summed E-state index contributed by atoms with van der Waals surface area (Å²) < 4.78 is 8.27. The Bertz CT molecular complexity index is 1100. The quantitative estimate of drug-likeness (QED) is 0.181. The van der Waals surface area contributed by atoms with E-state index in [-0.39, 0.29) is 27.6 Å². The molecule has 0 aliphatic carbocycles. The highest BCUT2D eigenvalue weighted by atomic mass is 35.5. The van der Waals surface area contributed by atoms with Crippen LogP contribution < -0.4 is 10.0 Å². The van der Waals surface area contributed by atoms with Gasteiger partial charge < -0.3 is 15.0 Å². The summed E-state index contributed by atoms with van der Waals surface area (Å²) in [5, 5.41) is 3.90. The van der Waals surface area contributed by atoms with E-state index in [1.807, 2.05) is 37.8 Å². The predicted octanol–water partition coefficient (Wildman–Crippen LogP) is 5.84. The molecule has 2 aromatic heterocycles. The highest BCUT2D eigenvalue weighted by molar-refractivity contribution is 7.97. The van der Waals surface area contributed by atoms with Gasteiger partial charge in [-0.3, -0.25) is 9.52 Å². The van der Waals surface area contributed by atoms with Gasteiger partial charge in [0.25, 0.3) is 5.91 Å². The first-order chi connectivity index (χ1) is 16.8. The lowest BCUT2D eigenvalue weighted by Gasteiger charge is -2.33. The molecule has 2 amide bonds. The Morgan fingerprint density at radius 2 is 2.00 bits per heavy atom. The molecule has 1 atom stereocenters. The molecule has 36 heavy (non-hydrogen) atoms. The number of anilines is 1. The molecule has 0 aromatic carbocycles. The van der Waals surface area contributed by atoms with Crippen LogP contribution in [0.2, 0.25) is 10.4 Å². The molecule has 1 aliphatic heterocycles. The fourth-order valence-electron chi connectivity index (χ4n) is 4.04. The van der Waals surface area contributed by atoms with E-state index >= 15 is 0 Å². The van der Waals surface area contributed by atoms with Gasteiger partial charge in [-0.15, -0.1) is 0 Å². The monoisotopic (exact) mass is 554 g/mol. The molecule has 1 saturated heterocycles. The van der Waals surface area contributed by atoms with E-state index < -0.39 is 11.5 Å². The molecule has 0 saturated carbocycles. The minimum absolute atomic E-state index is 0.0173. The van der Waals surface area contributed by atoms with Gasteiger partial charge in [0.15, 0.2) is 0 Å². The van der Waals surface area contributed by atoms with Gasteiger partial charge in [-0.1, -0.05) is 17.7 Å². The van der Waals surface area contributed by atoms with Crippen LogP contribution in [0.15, 0.2) is 29.4 Å². The van der Waals surface area contributed by atoms with Gasteiger partial charge in [0.05, 0.1) is 5.56 Å². The second-order valence-electron chi connectivity index (χ2n) is 10.3. The maximum Gasteiger partial charge on any atom is 0.410 e. The predicted molar refractivity (Wildman–Crippen MR) is 142 cm³/mol. The van der Waals surface area contributed by atoms with Gasteiger partial charge >= 0.3 is 6.09 Å². The number of hydrogen-bond acceptors (Lipinski definition) is 8. The van der Waals surface area contributed by atoms with E-state index in [9.17, 15) is 9.59 Å². The number of carbonyl (C=O) groups excluding carboxylic acids is 2. The summed E-state index contributed by atoms with van der Waals surface area (Å²) in [5.41, 5.74) is -0.599. The molecule has 2 N–H and O–H groups in total. The Morgan fingerprint density at radius 1 is 1.25 bits per heavy atom. The third kappa shape index (κ3) is 8.11. The van der Waals surface area contributed by atoms with Crippen LogP contribution in [-0.4, -0.2) is 56.1 Å². The van der Waals surface area contributed by atoms with E-state index in [1.165, 1.54) is 6.20 Å². The highest BCUT2D eigenvalue weighted by Gasteiger charge is 2.42. The Morgan fingerprint density at radius 3 is 2.69 bits per heavy atom. The molecule has 2 aromatic rings. The lowest BCUT2D eigenvalue weighted by molar-refractivity contribution is 0.0130. The Labute approximate surface area is 226 Å². The zero-order valence-electron chi connectivity index (χ0n) is 21.1. The van der Waals surface area contributed by atoms with Crippen molar-refractivity contribution in [1.82, 2.24) is 24.6 Å². The molecular formula is C24H32Cl2N6O3S. The molecule has 3 rings (SSSR count). The van der Waals surface area contributed by atoms with Crippen LogP contribution in [0, 0.1) is 5.92 Å². The Balaban J connectivity index is 1.44. The normalized spacial score (nSPS) is 17.1. The fourth-order valence-corrected chi connectivity index (χ4v) is 5.03. The third-order valence-electron chi connectivity index (χ3n) is 5.60. The lowest BCUT2D eigenvalue weighted by atomic mass is 9.93. The summed E-state index contributed by atoms with van der Waals surface area (Å²) in [5.74, 6) is 0.689. The van der Waals surface area contributed by atoms with Gasteiger partial charge in [0, 0.05) is 36.8 Å². The van der Waals surface area contributed by atoms with Crippen LogP contribution in [0.25, 0.3) is 0 Å². The van der Waals surface area contributed by atoms with Crippen LogP contribution in [0.5, 0.6) is 0 Å². The zero-order chi connectivity index (χ0) is 26.5. The first-order valence-electron chi connectivity index (χ1n) is 11.7. The number of pyridine rings is 1. The molecule has 3 heterocycles. The number of nitrogens with zero attached hydrogens (tertiary/aromatic N) is 4. The van der Waals surface area contributed by atoms with Crippen LogP contribution >= 0.6 is 35.1 Å². The molecule has 0 bridgehead atoms. The first-order valence-corrected chi connectivity index (χ1v) is 13.3. The number of halogens is 2. The highest BCUT2D eigenvalue weighted by Crippen LogP contribution is 2.36. The average molecular weight is 556 g/mol. The molecule has 9 nitrogen and oxygen atoms in total. The van der Waals surface area contributed by atoms with E-state index in [1.54, 1.807) is 6.07 Å². The molecule has 1 fully saturated rings. The molecule has 196 valence electrons. The van der Waals surface area contributed by atoms with Crippen molar-refractivity contribution in [3.8, 4) is 0 Å². The van der Waals surface area contributed by atoms with Crippen LogP contribution in [0.1, 0.15) is 64.2 Å². The second-order valence-corrected chi connectivity index (χ2v) is 11.8. The van der Waals surface area contributed by atoms with Crippen molar-refractivity contribution in [2.75, 3.05) is 18.4 Å². The third-order valence-corrected chi connectivity index (χ3v) is 6.79. The number of rotatable bonds is 8. The van der Waals surface area contributed by atoms with Gasteiger partial charge in [-0.2, -0.15) is 0 Å². The average Bonchev–Trinajstić information content (AvgIpc) is 3.08. The van der Waals surface area contributed by atoms with Crippen LogP contribution in [0.4, 0.5) is 10.6 Å². The Hall–Kier alpha value is -2.30. The molecule has 1 unspecified atom stereocenters. The summed E-state index contributed by atoms with van der Waals surface area (Å²) in [7, 11) is 0. The zero-order valence-corrected chi connectivity index (χ0v) is 23.4.